The monoisotopic (exact) mass is 280 g/mol. The molecule has 5 heteroatoms. The Morgan fingerprint density at radius 2 is 1.74 bits per heavy atom. The molecule has 2 rings (SSSR count). The smallest absolute Gasteiger partial charge is 0.161 e. The lowest BCUT2D eigenvalue weighted by Crippen LogP contribution is -1.99. The molecule has 0 radical (unpaired) electrons. The number of ether oxygens (including phenoxy) is 3. The highest BCUT2D eigenvalue weighted by Gasteiger charge is 2.15. The van der Waals surface area contributed by atoms with Crippen LogP contribution in [-0.2, 0) is 0 Å². The number of hydrogen-bond donors (Lipinski definition) is 1. The Bertz CT molecular complexity index is 550. The molecule has 0 bridgehead atoms. The number of aliphatic hydroxyl groups excluding tert-OH is 1. The van der Waals surface area contributed by atoms with E-state index in [0.29, 0.717) is 11.5 Å². The number of methoxy groups -OCH3 is 3. The third-order valence-corrected chi connectivity index (χ3v) is 3.79. The van der Waals surface area contributed by atoms with E-state index >= 15 is 0 Å². The first-order valence-corrected chi connectivity index (χ1v) is 6.60. The molecule has 0 fully saturated rings. The molecule has 0 amide bonds. The maximum atomic E-state index is 10.3. The highest BCUT2D eigenvalue weighted by molar-refractivity contribution is 7.10. The highest BCUT2D eigenvalue weighted by Crippen LogP contribution is 2.35. The molecule has 0 aliphatic heterocycles. The molecule has 102 valence electrons. The molecule has 0 spiro atoms. The van der Waals surface area contributed by atoms with Crippen molar-refractivity contribution in [2.24, 2.45) is 0 Å². The minimum Gasteiger partial charge on any atom is -0.496 e. The van der Waals surface area contributed by atoms with Gasteiger partial charge in [0.2, 0.25) is 0 Å². The van der Waals surface area contributed by atoms with E-state index in [1.54, 1.807) is 33.5 Å². The SMILES string of the molecule is COc1csc(C(O)c2ccc(OC)c(OC)c2)c1. The quantitative estimate of drug-likeness (QED) is 0.915. The van der Waals surface area contributed by atoms with E-state index < -0.39 is 6.10 Å². The number of hydrogen-bond acceptors (Lipinski definition) is 5. The molecule has 1 atom stereocenters. The van der Waals surface area contributed by atoms with Crippen molar-refractivity contribution < 1.29 is 19.3 Å². The van der Waals surface area contributed by atoms with Crippen LogP contribution in [0.3, 0.4) is 0 Å². The summed E-state index contributed by atoms with van der Waals surface area (Å²) in [6.07, 6.45) is -0.700. The van der Waals surface area contributed by atoms with Gasteiger partial charge >= 0.3 is 0 Å². The summed E-state index contributed by atoms with van der Waals surface area (Å²) >= 11 is 1.45. The van der Waals surface area contributed by atoms with Crippen molar-refractivity contribution in [3.63, 3.8) is 0 Å². The van der Waals surface area contributed by atoms with E-state index in [0.717, 1.165) is 16.2 Å². The molecule has 0 saturated heterocycles. The van der Waals surface area contributed by atoms with Gasteiger partial charge in [-0.25, -0.2) is 0 Å². The van der Waals surface area contributed by atoms with Crippen LogP contribution in [0, 0.1) is 0 Å². The van der Waals surface area contributed by atoms with E-state index in [4.69, 9.17) is 14.2 Å². The largest absolute Gasteiger partial charge is 0.496 e. The van der Waals surface area contributed by atoms with Crippen molar-refractivity contribution in [3.8, 4) is 17.2 Å². The Labute approximate surface area is 116 Å². The van der Waals surface area contributed by atoms with Crippen LogP contribution in [0.5, 0.6) is 17.2 Å². The van der Waals surface area contributed by atoms with Gasteiger partial charge < -0.3 is 19.3 Å². The zero-order chi connectivity index (χ0) is 13.8. The Kier molecular flexibility index (Phi) is 4.29. The molecule has 19 heavy (non-hydrogen) atoms. The molecule has 0 aliphatic carbocycles. The molecule has 4 nitrogen and oxygen atoms in total. The van der Waals surface area contributed by atoms with Gasteiger partial charge in [-0.1, -0.05) is 6.07 Å². The van der Waals surface area contributed by atoms with Crippen molar-refractivity contribution in [1.29, 1.82) is 0 Å². The molecule has 0 aliphatic rings. The fraction of sp³-hybridized carbons (Fsp3) is 0.286. The summed E-state index contributed by atoms with van der Waals surface area (Å²) in [6, 6.07) is 7.20. The van der Waals surface area contributed by atoms with Crippen molar-refractivity contribution in [3.05, 3.63) is 40.1 Å². The van der Waals surface area contributed by atoms with Gasteiger partial charge in [-0.3, -0.25) is 0 Å². The van der Waals surface area contributed by atoms with Crippen LogP contribution in [0.25, 0.3) is 0 Å². The second-order valence-electron chi connectivity index (χ2n) is 3.91. The highest BCUT2D eigenvalue weighted by atomic mass is 32.1. The standard InChI is InChI=1S/C14H16O4S/c1-16-10-7-13(19-8-10)14(15)9-4-5-11(17-2)12(6-9)18-3/h4-8,14-15H,1-3H3. The first kappa shape index (κ1) is 13.7. The van der Waals surface area contributed by atoms with Gasteiger partial charge in [0.1, 0.15) is 11.9 Å². The average Bonchev–Trinajstić information content (AvgIpc) is 2.94. The first-order chi connectivity index (χ1) is 9.19. The summed E-state index contributed by atoms with van der Waals surface area (Å²) in [5, 5.41) is 12.2. The Morgan fingerprint density at radius 3 is 2.32 bits per heavy atom. The lowest BCUT2D eigenvalue weighted by Gasteiger charge is -2.13. The first-order valence-electron chi connectivity index (χ1n) is 5.72. The maximum Gasteiger partial charge on any atom is 0.161 e. The number of thiophene rings is 1. The van der Waals surface area contributed by atoms with Crippen molar-refractivity contribution >= 4 is 11.3 Å². The van der Waals surface area contributed by atoms with Gasteiger partial charge in [-0.05, 0) is 23.8 Å². The van der Waals surface area contributed by atoms with Gasteiger partial charge in [-0.15, -0.1) is 11.3 Å². The van der Waals surface area contributed by atoms with E-state index in [1.807, 2.05) is 17.5 Å². The molecule has 2 aromatic rings. The van der Waals surface area contributed by atoms with Crippen LogP contribution in [0.2, 0.25) is 0 Å². The molecule has 1 unspecified atom stereocenters. The van der Waals surface area contributed by atoms with Crippen molar-refractivity contribution in [1.82, 2.24) is 0 Å². The fourth-order valence-corrected chi connectivity index (χ4v) is 2.64. The van der Waals surface area contributed by atoms with Gasteiger partial charge in [0.05, 0.1) is 21.3 Å². The van der Waals surface area contributed by atoms with Gasteiger partial charge in [0, 0.05) is 10.3 Å². The van der Waals surface area contributed by atoms with E-state index in [2.05, 4.69) is 0 Å². The topological polar surface area (TPSA) is 47.9 Å². The summed E-state index contributed by atoms with van der Waals surface area (Å²) in [4.78, 5) is 0.823. The molecule has 1 aromatic heterocycles. The summed E-state index contributed by atoms with van der Waals surface area (Å²) in [7, 11) is 4.76. The predicted octanol–water partition coefficient (Wildman–Crippen LogP) is 2.86. The second-order valence-corrected chi connectivity index (χ2v) is 4.85. The number of benzene rings is 1. The van der Waals surface area contributed by atoms with Crippen LogP contribution < -0.4 is 14.2 Å². The minimum absolute atomic E-state index is 0.600. The van der Waals surface area contributed by atoms with Crippen LogP contribution >= 0.6 is 11.3 Å². The molecule has 1 aromatic carbocycles. The van der Waals surface area contributed by atoms with Crippen molar-refractivity contribution in [2.45, 2.75) is 6.10 Å². The summed E-state index contributed by atoms with van der Waals surface area (Å²) in [5.41, 5.74) is 0.752. The lowest BCUT2D eigenvalue weighted by atomic mass is 10.1. The Hall–Kier alpha value is -1.72. The van der Waals surface area contributed by atoms with E-state index in [1.165, 1.54) is 11.3 Å². The minimum atomic E-state index is -0.700. The number of aliphatic hydroxyl groups is 1. The zero-order valence-corrected chi connectivity index (χ0v) is 11.9. The second kappa shape index (κ2) is 5.95. The van der Waals surface area contributed by atoms with Crippen LogP contribution in [0.4, 0.5) is 0 Å². The van der Waals surface area contributed by atoms with Gasteiger partial charge in [0.15, 0.2) is 11.5 Å². The van der Waals surface area contributed by atoms with Crippen LogP contribution in [-0.4, -0.2) is 26.4 Å². The maximum absolute atomic E-state index is 10.3. The van der Waals surface area contributed by atoms with Crippen LogP contribution in [0.15, 0.2) is 29.6 Å². The normalized spacial score (nSPS) is 12.0. The fourth-order valence-electron chi connectivity index (χ4n) is 1.77. The third-order valence-electron chi connectivity index (χ3n) is 2.82. The molecule has 1 N–H and O–H groups in total. The predicted molar refractivity (Wildman–Crippen MR) is 74.5 cm³/mol. The van der Waals surface area contributed by atoms with Gasteiger partial charge in [-0.2, -0.15) is 0 Å². The molecule has 1 heterocycles. The summed E-state index contributed by atoms with van der Waals surface area (Å²) in [5.74, 6) is 1.99. The summed E-state index contributed by atoms with van der Waals surface area (Å²) < 4.78 is 15.5. The summed E-state index contributed by atoms with van der Waals surface area (Å²) in [6.45, 7) is 0. The molecular formula is C14H16O4S. The Morgan fingerprint density at radius 1 is 1.00 bits per heavy atom. The molecule has 0 saturated carbocycles. The number of rotatable bonds is 5. The van der Waals surface area contributed by atoms with Crippen LogP contribution in [0.1, 0.15) is 16.5 Å². The third kappa shape index (κ3) is 2.83. The van der Waals surface area contributed by atoms with E-state index in [9.17, 15) is 5.11 Å². The zero-order valence-electron chi connectivity index (χ0n) is 11.0. The van der Waals surface area contributed by atoms with Gasteiger partial charge in [0.25, 0.3) is 0 Å². The van der Waals surface area contributed by atoms with E-state index in [-0.39, 0.29) is 0 Å². The van der Waals surface area contributed by atoms with Crippen molar-refractivity contribution in [2.75, 3.05) is 21.3 Å². The molecular weight excluding hydrogens is 264 g/mol. The lowest BCUT2D eigenvalue weighted by molar-refractivity contribution is 0.223. The average molecular weight is 280 g/mol. The Balaban J connectivity index is 2.30.